The molecule has 1 amide bonds. The molecule has 1 unspecified atom stereocenters. The maximum atomic E-state index is 11.7. The van der Waals surface area contributed by atoms with E-state index in [1.165, 1.54) is 0 Å². The fourth-order valence-corrected chi connectivity index (χ4v) is 1.59. The third kappa shape index (κ3) is 3.63. The molecule has 0 bridgehead atoms. The van der Waals surface area contributed by atoms with Gasteiger partial charge >= 0.3 is 0 Å². The molecular weight excluding hydrogens is 232 g/mol. The first-order valence-corrected chi connectivity index (χ1v) is 5.90. The van der Waals surface area contributed by atoms with Crippen LogP contribution in [0.1, 0.15) is 19.8 Å². The molecule has 0 aliphatic carbocycles. The van der Waals surface area contributed by atoms with Gasteiger partial charge < -0.3 is 20.5 Å². The zero-order valence-corrected chi connectivity index (χ0v) is 11.0. The molecule has 18 heavy (non-hydrogen) atoms. The number of carbonyl (C=O) groups is 1. The maximum absolute atomic E-state index is 11.7. The second-order valence-corrected chi connectivity index (χ2v) is 3.95. The third-order valence-electron chi connectivity index (χ3n) is 2.59. The summed E-state index contributed by atoms with van der Waals surface area (Å²) in [5, 5.41) is 2.75. The van der Waals surface area contributed by atoms with Gasteiger partial charge in [0, 0.05) is 11.8 Å². The van der Waals surface area contributed by atoms with E-state index in [0.29, 0.717) is 23.6 Å². The molecule has 0 fully saturated rings. The van der Waals surface area contributed by atoms with Crippen LogP contribution in [0, 0.1) is 0 Å². The van der Waals surface area contributed by atoms with Crippen molar-refractivity contribution in [1.29, 1.82) is 0 Å². The van der Waals surface area contributed by atoms with E-state index in [9.17, 15) is 4.79 Å². The molecule has 0 heterocycles. The highest BCUT2D eigenvalue weighted by Gasteiger charge is 2.13. The standard InChI is InChI=1S/C13H20N2O3/c1-4-5-10(14)13(16)15-9-6-7-11(17-2)12(8-9)18-3/h6-8,10H,4-5,14H2,1-3H3,(H,15,16). The van der Waals surface area contributed by atoms with Crippen LogP contribution in [0.25, 0.3) is 0 Å². The number of carbonyl (C=O) groups excluding carboxylic acids is 1. The molecule has 100 valence electrons. The van der Waals surface area contributed by atoms with E-state index in [-0.39, 0.29) is 5.91 Å². The summed E-state index contributed by atoms with van der Waals surface area (Å²) in [6.07, 6.45) is 1.54. The lowest BCUT2D eigenvalue weighted by atomic mass is 10.1. The number of ether oxygens (including phenoxy) is 2. The number of amides is 1. The van der Waals surface area contributed by atoms with E-state index < -0.39 is 6.04 Å². The summed E-state index contributed by atoms with van der Waals surface area (Å²) >= 11 is 0. The minimum atomic E-state index is -0.483. The fourth-order valence-electron chi connectivity index (χ4n) is 1.59. The molecule has 0 aliphatic rings. The van der Waals surface area contributed by atoms with Crippen molar-refractivity contribution < 1.29 is 14.3 Å². The summed E-state index contributed by atoms with van der Waals surface area (Å²) < 4.78 is 10.3. The quantitative estimate of drug-likeness (QED) is 0.809. The number of hydrogen-bond donors (Lipinski definition) is 2. The average Bonchev–Trinajstić information content (AvgIpc) is 2.38. The van der Waals surface area contributed by atoms with Crippen LogP contribution in [-0.4, -0.2) is 26.2 Å². The van der Waals surface area contributed by atoms with E-state index in [2.05, 4.69) is 5.32 Å². The summed E-state index contributed by atoms with van der Waals surface area (Å²) in [5.74, 6) is 0.997. The van der Waals surface area contributed by atoms with Gasteiger partial charge in [-0.1, -0.05) is 13.3 Å². The first-order valence-electron chi connectivity index (χ1n) is 5.90. The van der Waals surface area contributed by atoms with Gasteiger partial charge in [0.2, 0.25) is 5.91 Å². The van der Waals surface area contributed by atoms with Gasteiger partial charge in [-0.2, -0.15) is 0 Å². The molecule has 1 aromatic carbocycles. The summed E-state index contributed by atoms with van der Waals surface area (Å²) in [4.78, 5) is 11.7. The van der Waals surface area contributed by atoms with Gasteiger partial charge in [0.05, 0.1) is 20.3 Å². The molecular formula is C13H20N2O3. The van der Waals surface area contributed by atoms with Crippen molar-refractivity contribution in [3.8, 4) is 11.5 Å². The first kappa shape index (κ1) is 14.3. The lowest BCUT2D eigenvalue weighted by Crippen LogP contribution is -2.35. The van der Waals surface area contributed by atoms with E-state index in [0.717, 1.165) is 6.42 Å². The largest absolute Gasteiger partial charge is 0.493 e. The van der Waals surface area contributed by atoms with E-state index in [4.69, 9.17) is 15.2 Å². The van der Waals surface area contributed by atoms with Crippen LogP contribution >= 0.6 is 0 Å². The van der Waals surface area contributed by atoms with Gasteiger partial charge in [0.1, 0.15) is 0 Å². The number of hydrogen-bond acceptors (Lipinski definition) is 4. The Morgan fingerprint density at radius 1 is 1.33 bits per heavy atom. The first-order chi connectivity index (χ1) is 8.62. The van der Waals surface area contributed by atoms with Crippen molar-refractivity contribution >= 4 is 11.6 Å². The fraction of sp³-hybridized carbons (Fsp3) is 0.462. The lowest BCUT2D eigenvalue weighted by Gasteiger charge is -2.13. The second-order valence-electron chi connectivity index (χ2n) is 3.95. The Balaban J connectivity index is 2.76. The van der Waals surface area contributed by atoms with Crippen LogP contribution in [0.4, 0.5) is 5.69 Å². The zero-order chi connectivity index (χ0) is 13.5. The average molecular weight is 252 g/mol. The molecule has 0 aromatic heterocycles. The summed E-state index contributed by atoms with van der Waals surface area (Å²) in [5.41, 5.74) is 6.38. The highest BCUT2D eigenvalue weighted by atomic mass is 16.5. The van der Waals surface area contributed by atoms with Crippen LogP contribution in [0.3, 0.4) is 0 Å². The molecule has 0 aliphatic heterocycles. The highest BCUT2D eigenvalue weighted by molar-refractivity contribution is 5.94. The van der Waals surface area contributed by atoms with Crippen molar-refractivity contribution in [2.24, 2.45) is 5.73 Å². The number of nitrogens with one attached hydrogen (secondary N) is 1. The Morgan fingerprint density at radius 2 is 2.00 bits per heavy atom. The third-order valence-corrected chi connectivity index (χ3v) is 2.59. The van der Waals surface area contributed by atoms with E-state index >= 15 is 0 Å². The Kier molecular flexibility index (Phi) is 5.45. The SMILES string of the molecule is CCCC(N)C(=O)Nc1ccc(OC)c(OC)c1. The van der Waals surface area contributed by atoms with Crippen LogP contribution in [-0.2, 0) is 4.79 Å². The van der Waals surface area contributed by atoms with Gasteiger partial charge in [-0.3, -0.25) is 4.79 Å². The molecule has 0 spiro atoms. The van der Waals surface area contributed by atoms with Crippen molar-refractivity contribution in [2.45, 2.75) is 25.8 Å². The van der Waals surface area contributed by atoms with Crippen LogP contribution < -0.4 is 20.5 Å². The van der Waals surface area contributed by atoms with Gasteiger partial charge in [-0.15, -0.1) is 0 Å². The zero-order valence-electron chi connectivity index (χ0n) is 11.0. The molecule has 0 saturated carbocycles. The highest BCUT2D eigenvalue weighted by Crippen LogP contribution is 2.29. The van der Waals surface area contributed by atoms with Gasteiger partial charge in [-0.25, -0.2) is 0 Å². The molecule has 1 aromatic rings. The molecule has 0 saturated heterocycles. The normalized spacial score (nSPS) is 11.8. The molecule has 1 rings (SSSR count). The van der Waals surface area contributed by atoms with Crippen molar-refractivity contribution in [3.05, 3.63) is 18.2 Å². The van der Waals surface area contributed by atoms with Crippen molar-refractivity contribution in [1.82, 2.24) is 0 Å². The molecule has 1 atom stereocenters. The minimum Gasteiger partial charge on any atom is -0.493 e. The number of anilines is 1. The molecule has 3 N–H and O–H groups in total. The number of methoxy groups -OCH3 is 2. The minimum absolute atomic E-state index is 0.191. The lowest BCUT2D eigenvalue weighted by molar-refractivity contribution is -0.117. The summed E-state index contributed by atoms with van der Waals surface area (Å²) in [6.45, 7) is 1.99. The molecule has 0 radical (unpaired) electrons. The Bertz CT molecular complexity index is 407. The second kappa shape index (κ2) is 6.86. The summed E-state index contributed by atoms with van der Waals surface area (Å²) in [7, 11) is 3.11. The van der Waals surface area contributed by atoms with E-state index in [1.807, 2.05) is 6.92 Å². The van der Waals surface area contributed by atoms with Crippen molar-refractivity contribution in [2.75, 3.05) is 19.5 Å². The van der Waals surface area contributed by atoms with Crippen LogP contribution in [0.15, 0.2) is 18.2 Å². The van der Waals surface area contributed by atoms with Gasteiger partial charge in [-0.05, 0) is 18.6 Å². The van der Waals surface area contributed by atoms with Gasteiger partial charge in [0.15, 0.2) is 11.5 Å². The van der Waals surface area contributed by atoms with Crippen LogP contribution in [0.2, 0.25) is 0 Å². The van der Waals surface area contributed by atoms with E-state index in [1.54, 1.807) is 32.4 Å². The maximum Gasteiger partial charge on any atom is 0.241 e. The van der Waals surface area contributed by atoms with Crippen LogP contribution in [0.5, 0.6) is 11.5 Å². The topological polar surface area (TPSA) is 73.6 Å². The monoisotopic (exact) mass is 252 g/mol. The predicted octanol–water partition coefficient (Wildman–Crippen LogP) is 1.77. The predicted molar refractivity (Wildman–Crippen MR) is 71.1 cm³/mol. The Hall–Kier alpha value is -1.75. The smallest absolute Gasteiger partial charge is 0.241 e. The Morgan fingerprint density at radius 3 is 2.56 bits per heavy atom. The number of benzene rings is 1. The molecule has 5 heteroatoms. The number of rotatable bonds is 6. The Labute approximate surface area is 107 Å². The van der Waals surface area contributed by atoms with Gasteiger partial charge in [0.25, 0.3) is 0 Å². The van der Waals surface area contributed by atoms with Crippen molar-refractivity contribution in [3.63, 3.8) is 0 Å². The number of nitrogens with two attached hydrogens (primary N) is 1. The summed E-state index contributed by atoms with van der Waals surface area (Å²) in [6, 6.07) is 4.70. The molecule has 5 nitrogen and oxygen atoms in total.